The number of hydrogen-bond donors (Lipinski definition) is 2. The number of nitrogens with zero attached hydrogens (tertiary/aromatic N) is 2. The third-order valence-electron chi connectivity index (χ3n) is 4.16. The summed E-state index contributed by atoms with van der Waals surface area (Å²) >= 11 is 0.881. The molecule has 1 amide bonds. The molecule has 1 aliphatic rings. The van der Waals surface area contributed by atoms with Crippen LogP contribution >= 0.6 is 11.3 Å². The summed E-state index contributed by atoms with van der Waals surface area (Å²) in [4.78, 5) is 14.0. The van der Waals surface area contributed by atoms with E-state index in [9.17, 15) is 13.2 Å². The van der Waals surface area contributed by atoms with Crippen LogP contribution in [0.25, 0.3) is 0 Å². The Bertz CT molecular complexity index is 578. The van der Waals surface area contributed by atoms with Gasteiger partial charge in [-0.05, 0) is 10.8 Å². The minimum Gasteiger partial charge on any atom is -0.277 e. The lowest BCUT2D eigenvalue weighted by atomic mass is 10.0. The van der Waals surface area contributed by atoms with Crippen LogP contribution in [-0.4, -0.2) is 24.5 Å². The number of aromatic nitrogens is 2. The lowest BCUT2D eigenvalue weighted by Gasteiger charge is -2.06. The Labute approximate surface area is 115 Å². The van der Waals surface area contributed by atoms with Gasteiger partial charge in [-0.3, -0.25) is 10.2 Å². The van der Waals surface area contributed by atoms with Gasteiger partial charge in [0.2, 0.25) is 10.2 Å². The normalized spacial score (nSPS) is 21.1. The fourth-order valence-electron chi connectivity index (χ4n) is 2.37. The van der Waals surface area contributed by atoms with E-state index >= 15 is 0 Å². The first kappa shape index (κ1) is 14.4. The average molecular weight is 304 g/mol. The first-order valence-electron chi connectivity index (χ1n) is 5.68. The summed E-state index contributed by atoms with van der Waals surface area (Å²) in [6, 6.07) is 0. The molecule has 2 N–H and O–H groups in total. The molecular formula is C10H16N4O3S2. The van der Waals surface area contributed by atoms with Crippen LogP contribution in [0.2, 0.25) is 0 Å². The molecule has 106 valence electrons. The van der Waals surface area contributed by atoms with E-state index in [2.05, 4.69) is 15.6 Å². The minimum atomic E-state index is -3.83. The number of amides is 1. The number of rotatable bonds is 4. The molecule has 1 aliphatic carbocycles. The third kappa shape index (κ3) is 2.26. The molecule has 0 saturated heterocycles. The van der Waals surface area contributed by atoms with Gasteiger partial charge >= 0.3 is 0 Å². The van der Waals surface area contributed by atoms with E-state index in [4.69, 9.17) is 0 Å². The first-order chi connectivity index (χ1) is 8.61. The van der Waals surface area contributed by atoms with Crippen molar-refractivity contribution in [3.8, 4) is 0 Å². The quantitative estimate of drug-likeness (QED) is 0.790. The van der Waals surface area contributed by atoms with E-state index < -0.39 is 10.0 Å². The topological polar surface area (TPSA) is 101 Å². The zero-order valence-electron chi connectivity index (χ0n) is 11.1. The predicted octanol–water partition coefficient (Wildman–Crippen LogP) is 0.530. The molecule has 19 heavy (non-hydrogen) atoms. The largest absolute Gasteiger partial charge is 0.286 e. The lowest BCUT2D eigenvalue weighted by molar-refractivity contribution is -0.123. The van der Waals surface area contributed by atoms with Crippen LogP contribution in [0.4, 0.5) is 0 Å². The molecule has 9 heteroatoms. The summed E-state index contributed by atoms with van der Waals surface area (Å²) in [5.41, 5.74) is 3.26. The monoisotopic (exact) mass is 304 g/mol. The van der Waals surface area contributed by atoms with Crippen molar-refractivity contribution in [1.29, 1.82) is 0 Å². The fourth-order valence-corrected chi connectivity index (χ4v) is 3.88. The van der Waals surface area contributed by atoms with Gasteiger partial charge in [-0.2, -0.15) is 0 Å². The number of carbonyl (C=O) groups is 1. The lowest BCUT2D eigenvalue weighted by Crippen LogP contribution is -2.43. The molecule has 0 unspecified atom stereocenters. The Morgan fingerprint density at radius 1 is 1.32 bits per heavy atom. The van der Waals surface area contributed by atoms with Gasteiger partial charge in [0.15, 0.2) is 0 Å². The average Bonchev–Trinajstić information content (AvgIpc) is 2.73. The highest BCUT2D eigenvalue weighted by Gasteiger charge is 2.68. The maximum Gasteiger partial charge on any atom is 0.286 e. The number of hydrazine groups is 1. The molecule has 1 saturated carbocycles. The van der Waals surface area contributed by atoms with Gasteiger partial charge in [0.1, 0.15) is 5.51 Å². The van der Waals surface area contributed by atoms with Gasteiger partial charge < -0.3 is 0 Å². The molecule has 1 fully saturated rings. The van der Waals surface area contributed by atoms with E-state index in [0.29, 0.717) is 0 Å². The zero-order chi connectivity index (χ0) is 14.5. The third-order valence-corrected chi connectivity index (χ3v) is 6.50. The second-order valence-corrected chi connectivity index (χ2v) is 8.37. The maximum absolute atomic E-state index is 12.0. The first-order valence-corrected chi connectivity index (χ1v) is 8.05. The van der Waals surface area contributed by atoms with E-state index in [1.165, 1.54) is 5.51 Å². The molecular weight excluding hydrogens is 288 g/mol. The van der Waals surface area contributed by atoms with Crippen LogP contribution in [0.5, 0.6) is 0 Å². The van der Waals surface area contributed by atoms with Crippen molar-refractivity contribution in [1.82, 2.24) is 20.5 Å². The zero-order valence-corrected chi connectivity index (χ0v) is 12.7. The van der Waals surface area contributed by atoms with Gasteiger partial charge in [0, 0.05) is 0 Å². The summed E-state index contributed by atoms with van der Waals surface area (Å²) in [5.74, 6) is -0.555. The Balaban J connectivity index is 2.00. The van der Waals surface area contributed by atoms with Crippen molar-refractivity contribution in [2.75, 3.05) is 0 Å². The molecule has 7 nitrogen and oxygen atoms in total. The molecule has 0 aromatic carbocycles. The van der Waals surface area contributed by atoms with E-state index in [-0.39, 0.29) is 27.0 Å². The van der Waals surface area contributed by atoms with E-state index in [1.54, 1.807) is 0 Å². The number of hydrogen-bond acceptors (Lipinski definition) is 6. The van der Waals surface area contributed by atoms with E-state index in [1.807, 2.05) is 32.5 Å². The van der Waals surface area contributed by atoms with Crippen LogP contribution in [0.3, 0.4) is 0 Å². The summed E-state index contributed by atoms with van der Waals surface area (Å²) in [5, 5.41) is 6.90. The second kappa shape index (κ2) is 4.22. The smallest absolute Gasteiger partial charge is 0.277 e. The van der Waals surface area contributed by atoms with Crippen LogP contribution in [0.15, 0.2) is 9.85 Å². The predicted molar refractivity (Wildman–Crippen MR) is 69.4 cm³/mol. The molecule has 2 rings (SSSR count). The van der Waals surface area contributed by atoms with Crippen molar-refractivity contribution < 1.29 is 13.2 Å². The summed E-state index contributed by atoms with van der Waals surface area (Å²) < 4.78 is 23.3. The molecule has 0 radical (unpaired) electrons. The van der Waals surface area contributed by atoms with Crippen molar-refractivity contribution in [2.45, 2.75) is 32.0 Å². The van der Waals surface area contributed by atoms with Gasteiger partial charge in [0.05, 0.1) is 5.92 Å². The number of nitrogens with one attached hydrogen (secondary N) is 2. The van der Waals surface area contributed by atoms with E-state index in [0.717, 1.165) is 11.3 Å². The molecule has 0 bridgehead atoms. The molecule has 0 atom stereocenters. The molecule has 0 aliphatic heterocycles. The highest BCUT2D eigenvalue weighted by molar-refractivity contribution is 7.91. The second-order valence-electron chi connectivity index (χ2n) is 5.68. The Hall–Kier alpha value is -1.06. The van der Waals surface area contributed by atoms with Crippen LogP contribution in [0.1, 0.15) is 27.7 Å². The Morgan fingerprint density at radius 3 is 2.32 bits per heavy atom. The molecule has 1 heterocycles. The Kier molecular flexibility index (Phi) is 3.19. The molecule has 1 aromatic heterocycles. The van der Waals surface area contributed by atoms with Crippen LogP contribution < -0.4 is 10.3 Å². The minimum absolute atomic E-state index is 0.148. The van der Waals surface area contributed by atoms with Crippen molar-refractivity contribution >= 4 is 27.3 Å². The summed E-state index contributed by atoms with van der Waals surface area (Å²) in [6.07, 6.45) is 0. The summed E-state index contributed by atoms with van der Waals surface area (Å²) in [7, 11) is -3.83. The standard InChI is InChI=1S/C10H16N4O3S2/c1-9(2)6(10(9,3)4)7(15)12-14-19(16,17)8-13-11-5-18-8/h5-6,14H,1-4H3,(H,12,15). The van der Waals surface area contributed by atoms with Crippen LogP contribution in [0, 0.1) is 16.7 Å². The van der Waals surface area contributed by atoms with Crippen molar-refractivity contribution in [2.24, 2.45) is 16.7 Å². The van der Waals surface area contributed by atoms with Gasteiger partial charge in [-0.1, -0.05) is 39.0 Å². The SMILES string of the molecule is CC1(C)C(C(=O)NNS(=O)(=O)c2nncs2)C1(C)C. The highest BCUT2D eigenvalue weighted by atomic mass is 32.2. The molecule has 1 aromatic rings. The summed E-state index contributed by atoms with van der Waals surface area (Å²) in [6.45, 7) is 7.93. The van der Waals surface area contributed by atoms with Crippen molar-refractivity contribution in [3.63, 3.8) is 0 Å². The van der Waals surface area contributed by atoms with Gasteiger partial charge in [0.25, 0.3) is 10.0 Å². The van der Waals surface area contributed by atoms with Crippen molar-refractivity contribution in [3.05, 3.63) is 5.51 Å². The van der Waals surface area contributed by atoms with Gasteiger partial charge in [-0.15, -0.1) is 15.0 Å². The highest BCUT2D eigenvalue weighted by Crippen LogP contribution is 2.68. The number of carbonyl (C=O) groups excluding carboxylic acids is 1. The maximum atomic E-state index is 12.0. The Morgan fingerprint density at radius 2 is 1.89 bits per heavy atom. The van der Waals surface area contributed by atoms with Crippen LogP contribution in [-0.2, 0) is 14.8 Å². The van der Waals surface area contributed by atoms with Gasteiger partial charge in [-0.25, -0.2) is 8.42 Å². The fraction of sp³-hybridized carbons (Fsp3) is 0.700. The molecule has 0 spiro atoms. The number of sulfonamides is 1.